The van der Waals surface area contributed by atoms with Gasteiger partial charge in [-0.2, -0.15) is 23.7 Å². The molecule has 0 aliphatic rings. The van der Waals surface area contributed by atoms with E-state index in [1.807, 2.05) is 0 Å². The third kappa shape index (κ3) is 5.25. The zero-order valence-corrected chi connectivity index (χ0v) is 23.8. The molecule has 3 aromatic heterocycles. The normalized spacial score (nSPS) is 11.3. The molecule has 0 amide bonds. The molecule has 0 atom stereocenters. The van der Waals surface area contributed by atoms with Crippen molar-refractivity contribution < 1.29 is 27.4 Å². The van der Waals surface area contributed by atoms with Gasteiger partial charge in [0.25, 0.3) is 5.56 Å². The summed E-state index contributed by atoms with van der Waals surface area (Å²) in [6, 6.07) is 10.3. The van der Waals surface area contributed by atoms with Crippen LogP contribution in [0.1, 0.15) is 32.9 Å². The summed E-state index contributed by atoms with van der Waals surface area (Å²) in [5.41, 5.74) is -2.06. The summed E-state index contributed by atoms with van der Waals surface area (Å²) in [5.74, 6) is -0.0491. The summed E-state index contributed by atoms with van der Waals surface area (Å²) in [6.07, 6.45) is -3.39. The van der Waals surface area contributed by atoms with E-state index < -0.39 is 34.4 Å². The van der Waals surface area contributed by atoms with Crippen LogP contribution in [0.5, 0.6) is 5.75 Å². The molecule has 0 N–H and O–H groups in total. The number of carbonyl (C=O) groups is 1. The summed E-state index contributed by atoms with van der Waals surface area (Å²) in [7, 11) is 1.28. The van der Waals surface area contributed by atoms with Crippen LogP contribution in [0, 0.1) is 29.6 Å². The number of aromatic nitrogens is 3. The number of fused-ring (bicyclic) bond motifs is 2. The van der Waals surface area contributed by atoms with E-state index in [1.165, 1.54) is 42.2 Å². The minimum atomic E-state index is -4.93. The van der Waals surface area contributed by atoms with Gasteiger partial charge in [-0.3, -0.25) is 14.3 Å². The largest absolute Gasteiger partial charge is 0.491 e. The van der Waals surface area contributed by atoms with E-state index in [4.69, 9.17) is 21.1 Å². The van der Waals surface area contributed by atoms with E-state index in [0.717, 1.165) is 0 Å². The van der Waals surface area contributed by atoms with Crippen LogP contribution >= 0.6 is 22.9 Å². The molecule has 0 saturated carbocycles. The van der Waals surface area contributed by atoms with Gasteiger partial charge in [0, 0.05) is 27.7 Å². The molecule has 0 radical (unpaired) electrons. The Balaban J connectivity index is 1.52. The van der Waals surface area contributed by atoms with Gasteiger partial charge in [0.2, 0.25) is 0 Å². The minimum Gasteiger partial charge on any atom is -0.491 e. The molecule has 14 heteroatoms. The summed E-state index contributed by atoms with van der Waals surface area (Å²) < 4.78 is 53.5. The molecule has 0 saturated heterocycles. The Bertz CT molecular complexity index is 2090. The monoisotopic (exact) mass is 623 g/mol. The maximum Gasteiger partial charge on any atom is 0.417 e. The van der Waals surface area contributed by atoms with Crippen molar-refractivity contribution in [2.45, 2.75) is 19.6 Å². The smallest absolute Gasteiger partial charge is 0.417 e. The lowest BCUT2D eigenvalue weighted by Crippen LogP contribution is -2.28. The number of aryl methyl sites for hydroxylation is 1. The fourth-order valence-corrected chi connectivity index (χ4v) is 5.89. The number of rotatable bonds is 6. The van der Waals surface area contributed by atoms with Crippen molar-refractivity contribution >= 4 is 50.0 Å². The van der Waals surface area contributed by atoms with E-state index in [2.05, 4.69) is 9.97 Å². The van der Waals surface area contributed by atoms with Gasteiger partial charge in [0.15, 0.2) is 0 Å². The predicted molar refractivity (Wildman–Crippen MR) is 152 cm³/mol. The van der Waals surface area contributed by atoms with Crippen LogP contribution < -0.4 is 10.3 Å². The summed E-state index contributed by atoms with van der Waals surface area (Å²) in [6.45, 7) is 1.28. The SMILES string of the molecule is COC(=O)c1csc2c(-c3cc(Cl)ccc3OCCn3c(C)nc4cc(C(F)(F)F)c(C#N)c(C#N)c4c3=O)ccnc12. The molecule has 216 valence electrons. The molecule has 0 fully saturated rings. The number of pyridine rings is 1. The van der Waals surface area contributed by atoms with Crippen molar-refractivity contribution in [3.8, 4) is 29.0 Å². The number of nitriles is 2. The van der Waals surface area contributed by atoms with Crippen molar-refractivity contribution in [2.75, 3.05) is 13.7 Å². The second-order valence-corrected chi connectivity index (χ2v) is 10.4. The molecule has 0 unspecified atom stereocenters. The fraction of sp³-hybridized carbons (Fsp3) is 0.172. The number of methoxy groups -OCH3 is 1. The highest BCUT2D eigenvalue weighted by Crippen LogP contribution is 2.40. The Labute approximate surface area is 249 Å². The van der Waals surface area contributed by atoms with Crippen molar-refractivity contribution in [3.63, 3.8) is 0 Å². The second kappa shape index (κ2) is 11.4. The van der Waals surface area contributed by atoms with Gasteiger partial charge in [-0.05, 0) is 37.3 Å². The number of thiophene rings is 1. The van der Waals surface area contributed by atoms with Crippen LogP contribution in [0.2, 0.25) is 5.02 Å². The van der Waals surface area contributed by atoms with Crippen LogP contribution in [0.3, 0.4) is 0 Å². The topological polar surface area (TPSA) is 131 Å². The van der Waals surface area contributed by atoms with Crippen molar-refractivity contribution in [1.82, 2.24) is 14.5 Å². The zero-order valence-electron chi connectivity index (χ0n) is 22.2. The highest BCUT2D eigenvalue weighted by Gasteiger charge is 2.36. The highest BCUT2D eigenvalue weighted by atomic mass is 35.5. The number of alkyl halides is 3. The molecule has 0 spiro atoms. The Kier molecular flexibility index (Phi) is 7.80. The molecular weight excluding hydrogens is 607 g/mol. The maximum atomic E-state index is 13.6. The first-order valence-electron chi connectivity index (χ1n) is 12.3. The standard InChI is InChI=1S/C29H17ClF3N5O4S/c1-14-37-22-10-21(29(31,32)33)18(11-34)19(12-35)24(22)27(39)38(14)7-8-42-23-4-3-15(30)9-17(23)16-5-6-36-25-20(28(40)41-2)13-43-26(16)25/h3-6,9-10,13H,7-8H2,1-2H3. The van der Waals surface area contributed by atoms with Gasteiger partial charge in [0.1, 0.15) is 30.3 Å². The lowest BCUT2D eigenvalue weighted by molar-refractivity contribution is -0.137. The molecule has 2 aromatic carbocycles. The number of halogens is 4. The first kappa shape index (κ1) is 29.5. The van der Waals surface area contributed by atoms with Gasteiger partial charge in [-0.1, -0.05) is 11.6 Å². The van der Waals surface area contributed by atoms with E-state index in [0.29, 0.717) is 43.7 Å². The van der Waals surface area contributed by atoms with Gasteiger partial charge in [-0.25, -0.2) is 9.78 Å². The third-order valence-corrected chi connectivity index (χ3v) is 7.87. The van der Waals surface area contributed by atoms with E-state index >= 15 is 0 Å². The Morgan fingerprint density at radius 1 is 1.14 bits per heavy atom. The lowest BCUT2D eigenvalue weighted by atomic mass is 9.98. The molecule has 43 heavy (non-hydrogen) atoms. The number of hydrogen-bond acceptors (Lipinski definition) is 9. The quantitative estimate of drug-likeness (QED) is 0.203. The molecule has 0 aliphatic carbocycles. The lowest BCUT2D eigenvalue weighted by Gasteiger charge is -2.16. The molecule has 5 aromatic rings. The van der Waals surface area contributed by atoms with Crippen LogP contribution in [0.25, 0.3) is 32.2 Å². The van der Waals surface area contributed by atoms with Crippen molar-refractivity contribution in [3.05, 3.63) is 85.4 Å². The summed E-state index contributed by atoms with van der Waals surface area (Å²) >= 11 is 7.59. The molecule has 5 rings (SSSR count). The zero-order chi connectivity index (χ0) is 31.1. The fourth-order valence-electron chi connectivity index (χ4n) is 4.69. The van der Waals surface area contributed by atoms with Gasteiger partial charge < -0.3 is 9.47 Å². The number of carbonyl (C=O) groups excluding carboxylic acids is 1. The number of hydrogen-bond donors (Lipinski definition) is 0. The highest BCUT2D eigenvalue weighted by molar-refractivity contribution is 7.18. The number of benzene rings is 2. The average Bonchev–Trinajstić information content (AvgIpc) is 3.42. The molecule has 0 bridgehead atoms. The molecular formula is C29H17ClF3N5O4S. The molecule has 9 nitrogen and oxygen atoms in total. The predicted octanol–water partition coefficient (Wildman–Crippen LogP) is 6.26. The third-order valence-electron chi connectivity index (χ3n) is 6.63. The van der Waals surface area contributed by atoms with Crippen LogP contribution in [-0.4, -0.2) is 34.2 Å². The van der Waals surface area contributed by atoms with Crippen LogP contribution in [0.15, 0.2) is 46.7 Å². The first-order chi connectivity index (χ1) is 20.5. The Hall–Kier alpha value is -4.98. The number of ether oxygens (including phenoxy) is 2. The Morgan fingerprint density at radius 2 is 1.88 bits per heavy atom. The van der Waals surface area contributed by atoms with Crippen molar-refractivity contribution in [2.24, 2.45) is 0 Å². The number of nitrogens with zero attached hydrogens (tertiary/aromatic N) is 5. The first-order valence-corrected chi connectivity index (χ1v) is 13.6. The van der Waals surface area contributed by atoms with Gasteiger partial charge in [-0.15, -0.1) is 11.3 Å². The van der Waals surface area contributed by atoms with Crippen molar-refractivity contribution in [1.29, 1.82) is 10.5 Å². The minimum absolute atomic E-state index is 0.0811. The van der Waals surface area contributed by atoms with Crippen LogP contribution in [-0.2, 0) is 17.5 Å². The Morgan fingerprint density at radius 3 is 2.56 bits per heavy atom. The van der Waals surface area contributed by atoms with E-state index in [9.17, 15) is 33.3 Å². The summed E-state index contributed by atoms with van der Waals surface area (Å²) in [4.78, 5) is 34.1. The van der Waals surface area contributed by atoms with E-state index in [1.54, 1.807) is 35.7 Å². The maximum absolute atomic E-state index is 13.6. The summed E-state index contributed by atoms with van der Waals surface area (Å²) in [5, 5.41) is 20.7. The molecule has 3 heterocycles. The van der Waals surface area contributed by atoms with Gasteiger partial charge >= 0.3 is 12.1 Å². The average molecular weight is 624 g/mol. The number of esters is 1. The van der Waals surface area contributed by atoms with E-state index in [-0.39, 0.29) is 29.9 Å². The molecule has 0 aliphatic heterocycles. The second-order valence-electron chi connectivity index (χ2n) is 9.07. The van der Waals surface area contributed by atoms with Gasteiger partial charge in [0.05, 0.1) is 57.0 Å². The van der Waals surface area contributed by atoms with Crippen LogP contribution in [0.4, 0.5) is 13.2 Å².